The SMILES string of the molecule is CCc1ccc([C@@H](N)c2cccs2)o1. The number of aryl methyl sites for hydroxylation is 1. The first-order chi connectivity index (χ1) is 6.81. The maximum Gasteiger partial charge on any atom is 0.126 e. The van der Waals surface area contributed by atoms with Crippen LogP contribution in [0.25, 0.3) is 0 Å². The fourth-order valence-corrected chi connectivity index (χ4v) is 2.09. The average Bonchev–Trinajstić information content (AvgIpc) is 2.88. The maximum absolute atomic E-state index is 6.05. The molecule has 0 unspecified atom stereocenters. The molecule has 0 radical (unpaired) electrons. The monoisotopic (exact) mass is 207 g/mol. The summed E-state index contributed by atoms with van der Waals surface area (Å²) in [7, 11) is 0. The van der Waals surface area contributed by atoms with Crippen LogP contribution in [0.5, 0.6) is 0 Å². The Kier molecular flexibility index (Phi) is 2.70. The van der Waals surface area contributed by atoms with Crippen molar-refractivity contribution in [2.24, 2.45) is 5.73 Å². The molecule has 0 spiro atoms. The zero-order chi connectivity index (χ0) is 9.97. The summed E-state index contributed by atoms with van der Waals surface area (Å²) in [4.78, 5) is 1.14. The fourth-order valence-electron chi connectivity index (χ4n) is 1.36. The minimum absolute atomic E-state index is 0.115. The minimum atomic E-state index is -0.115. The molecule has 2 aromatic rings. The molecule has 0 aliphatic rings. The van der Waals surface area contributed by atoms with Crippen molar-refractivity contribution < 1.29 is 4.42 Å². The zero-order valence-corrected chi connectivity index (χ0v) is 8.88. The van der Waals surface area contributed by atoms with E-state index in [1.165, 1.54) is 0 Å². The van der Waals surface area contributed by atoms with Crippen LogP contribution < -0.4 is 5.73 Å². The molecule has 0 saturated heterocycles. The molecule has 2 N–H and O–H groups in total. The Balaban J connectivity index is 2.23. The van der Waals surface area contributed by atoms with Crippen LogP contribution in [-0.2, 0) is 6.42 Å². The number of nitrogens with two attached hydrogens (primary N) is 1. The number of furan rings is 1. The lowest BCUT2D eigenvalue weighted by Gasteiger charge is -2.05. The highest BCUT2D eigenvalue weighted by atomic mass is 32.1. The van der Waals surface area contributed by atoms with Gasteiger partial charge in [0.15, 0.2) is 0 Å². The van der Waals surface area contributed by atoms with Crippen molar-refractivity contribution in [2.45, 2.75) is 19.4 Å². The van der Waals surface area contributed by atoms with Crippen molar-refractivity contribution in [1.82, 2.24) is 0 Å². The summed E-state index contributed by atoms with van der Waals surface area (Å²) in [5, 5.41) is 2.03. The molecule has 3 heteroatoms. The van der Waals surface area contributed by atoms with E-state index in [-0.39, 0.29) is 6.04 Å². The van der Waals surface area contributed by atoms with Gasteiger partial charge in [-0.15, -0.1) is 11.3 Å². The summed E-state index contributed by atoms with van der Waals surface area (Å²) in [6.45, 7) is 2.07. The average molecular weight is 207 g/mol. The lowest BCUT2D eigenvalue weighted by molar-refractivity contribution is 0.455. The van der Waals surface area contributed by atoms with Crippen molar-refractivity contribution in [3.63, 3.8) is 0 Å². The first kappa shape index (κ1) is 9.49. The molecule has 74 valence electrons. The maximum atomic E-state index is 6.05. The molecule has 2 rings (SSSR count). The van der Waals surface area contributed by atoms with Gasteiger partial charge < -0.3 is 10.2 Å². The molecular weight excluding hydrogens is 194 g/mol. The van der Waals surface area contributed by atoms with Crippen LogP contribution in [0.3, 0.4) is 0 Å². The van der Waals surface area contributed by atoms with E-state index in [9.17, 15) is 0 Å². The molecular formula is C11H13NOS. The summed E-state index contributed by atoms with van der Waals surface area (Å²) < 4.78 is 5.60. The highest BCUT2D eigenvalue weighted by Gasteiger charge is 2.13. The van der Waals surface area contributed by atoms with Gasteiger partial charge in [0.2, 0.25) is 0 Å². The topological polar surface area (TPSA) is 39.2 Å². The van der Waals surface area contributed by atoms with Gasteiger partial charge in [-0.25, -0.2) is 0 Å². The first-order valence-electron chi connectivity index (χ1n) is 4.69. The van der Waals surface area contributed by atoms with Gasteiger partial charge >= 0.3 is 0 Å². The van der Waals surface area contributed by atoms with Crippen molar-refractivity contribution in [2.75, 3.05) is 0 Å². The van der Waals surface area contributed by atoms with E-state index in [0.717, 1.165) is 22.8 Å². The molecule has 0 aliphatic carbocycles. The van der Waals surface area contributed by atoms with E-state index in [4.69, 9.17) is 10.2 Å². The molecule has 0 saturated carbocycles. The Morgan fingerprint density at radius 1 is 1.43 bits per heavy atom. The van der Waals surface area contributed by atoms with E-state index in [1.54, 1.807) is 11.3 Å². The Morgan fingerprint density at radius 2 is 2.29 bits per heavy atom. The highest BCUT2D eigenvalue weighted by molar-refractivity contribution is 7.10. The van der Waals surface area contributed by atoms with Crippen LogP contribution in [0.2, 0.25) is 0 Å². The second kappa shape index (κ2) is 3.98. The zero-order valence-electron chi connectivity index (χ0n) is 8.07. The predicted molar refractivity (Wildman–Crippen MR) is 58.4 cm³/mol. The summed E-state index contributed by atoms with van der Waals surface area (Å²) in [5.74, 6) is 1.84. The third-order valence-corrected chi connectivity index (χ3v) is 3.14. The van der Waals surface area contributed by atoms with E-state index >= 15 is 0 Å². The molecule has 1 atom stereocenters. The van der Waals surface area contributed by atoms with Crippen LogP contribution in [-0.4, -0.2) is 0 Å². The normalized spacial score (nSPS) is 13.0. The summed E-state index contributed by atoms with van der Waals surface area (Å²) in [5.41, 5.74) is 6.05. The van der Waals surface area contributed by atoms with Crippen LogP contribution in [0, 0.1) is 0 Å². The smallest absolute Gasteiger partial charge is 0.126 e. The van der Waals surface area contributed by atoms with Gasteiger partial charge in [-0.1, -0.05) is 13.0 Å². The number of rotatable bonds is 3. The van der Waals surface area contributed by atoms with E-state index in [1.807, 2.05) is 29.6 Å². The number of thiophene rings is 1. The van der Waals surface area contributed by atoms with E-state index in [0.29, 0.717) is 0 Å². The number of hydrogen-bond acceptors (Lipinski definition) is 3. The van der Waals surface area contributed by atoms with E-state index < -0.39 is 0 Å². The molecule has 14 heavy (non-hydrogen) atoms. The van der Waals surface area contributed by atoms with Crippen molar-refractivity contribution >= 4 is 11.3 Å². The Labute approximate surface area is 87.4 Å². The van der Waals surface area contributed by atoms with Crippen LogP contribution in [0.1, 0.15) is 29.4 Å². The van der Waals surface area contributed by atoms with Gasteiger partial charge in [0.25, 0.3) is 0 Å². The van der Waals surface area contributed by atoms with Gasteiger partial charge in [-0.3, -0.25) is 0 Å². The largest absolute Gasteiger partial charge is 0.464 e. The lowest BCUT2D eigenvalue weighted by atomic mass is 10.2. The van der Waals surface area contributed by atoms with Crippen LogP contribution in [0.15, 0.2) is 34.1 Å². The summed E-state index contributed by atoms with van der Waals surface area (Å²) >= 11 is 1.66. The van der Waals surface area contributed by atoms with Gasteiger partial charge in [0, 0.05) is 11.3 Å². The molecule has 0 fully saturated rings. The van der Waals surface area contributed by atoms with Gasteiger partial charge in [0.05, 0.1) is 6.04 Å². The Bertz CT molecular complexity index is 391. The molecule has 2 aromatic heterocycles. The molecule has 0 bridgehead atoms. The van der Waals surface area contributed by atoms with Gasteiger partial charge in [0.1, 0.15) is 11.5 Å². The quantitative estimate of drug-likeness (QED) is 0.840. The lowest BCUT2D eigenvalue weighted by Crippen LogP contribution is -2.08. The van der Waals surface area contributed by atoms with Crippen molar-refractivity contribution in [1.29, 1.82) is 0 Å². The van der Waals surface area contributed by atoms with Crippen molar-refractivity contribution in [3.8, 4) is 0 Å². The third kappa shape index (κ3) is 1.74. The molecule has 0 aromatic carbocycles. The fraction of sp³-hybridized carbons (Fsp3) is 0.273. The standard InChI is InChI=1S/C11H13NOS/c1-2-8-5-6-9(13-8)11(12)10-4-3-7-14-10/h3-7,11H,2,12H2,1H3/t11-/m1/s1. The highest BCUT2D eigenvalue weighted by Crippen LogP contribution is 2.25. The van der Waals surface area contributed by atoms with Gasteiger partial charge in [-0.2, -0.15) is 0 Å². The summed E-state index contributed by atoms with van der Waals surface area (Å²) in [6, 6.07) is 7.87. The Morgan fingerprint density at radius 3 is 2.86 bits per heavy atom. The predicted octanol–water partition coefficient (Wildman–Crippen LogP) is 2.95. The summed E-state index contributed by atoms with van der Waals surface area (Å²) in [6.07, 6.45) is 0.914. The number of hydrogen-bond donors (Lipinski definition) is 1. The second-order valence-corrected chi connectivity index (χ2v) is 4.13. The third-order valence-electron chi connectivity index (χ3n) is 2.19. The van der Waals surface area contributed by atoms with Crippen LogP contribution in [0.4, 0.5) is 0 Å². The minimum Gasteiger partial charge on any atom is -0.464 e. The van der Waals surface area contributed by atoms with Crippen molar-refractivity contribution in [3.05, 3.63) is 46.0 Å². The first-order valence-corrected chi connectivity index (χ1v) is 5.57. The van der Waals surface area contributed by atoms with Gasteiger partial charge in [-0.05, 0) is 23.6 Å². The molecule has 0 amide bonds. The van der Waals surface area contributed by atoms with E-state index in [2.05, 4.69) is 6.92 Å². The Hall–Kier alpha value is -1.06. The molecule has 2 nitrogen and oxygen atoms in total. The van der Waals surface area contributed by atoms with Crippen LogP contribution >= 0.6 is 11.3 Å². The molecule has 2 heterocycles. The second-order valence-electron chi connectivity index (χ2n) is 3.15. The molecule has 0 aliphatic heterocycles.